The SMILES string of the molecule is O=C1CC(O)CN1c1ccccc1OCC(F)(F)F. The standard InChI is InChI=1S/C12H12F3NO3/c13-12(14,15)7-19-10-4-2-1-3-9(10)16-6-8(17)5-11(16)18/h1-4,8,17H,5-7H2. The fourth-order valence-corrected chi connectivity index (χ4v) is 1.88. The molecule has 1 amide bonds. The number of nitrogens with zero attached hydrogens (tertiary/aromatic N) is 1. The topological polar surface area (TPSA) is 49.8 Å². The van der Waals surface area contributed by atoms with Gasteiger partial charge in [-0.3, -0.25) is 4.79 Å². The summed E-state index contributed by atoms with van der Waals surface area (Å²) in [6.45, 7) is -1.36. The van der Waals surface area contributed by atoms with Crippen LogP contribution in [0.25, 0.3) is 0 Å². The van der Waals surface area contributed by atoms with E-state index in [9.17, 15) is 23.1 Å². The minimum absolute atomic E-state index is 0.0257. The number of para-hydroxylation sites is 2. The molecule has 1 aliphatic heterocycles. The van der Waals surface area contributed by atoms with Gasteiger partial charge in [0.1, 0.15) is 5.75 Å². The first-order valence-electron chi connectivity index (χ1n) is 5.64. The Kier molecular flexibility index (Phi) is 3.66. The smallest absolute Gasteiger partial charge is 0.422 e. The molecule has 0 spiro atoms. The van der Waals surface area contributed by atoms with Crippen LogP contribution in [0.15, 0.2) is 24.3 Å². The summed E-state index contributed by atoms with van der Waals surface area (Å²) in [5, 5.41) is 9.40. The zero-order chi connectivity index (χ0) is 14.0. The zero-order valence-corrected chi connectivity index (χ0v) is 9.85. The van der Waals surface area contributed by atoms with E-state index in [1.807, 2.05) is 0 Å². The van der Waals surface area contributed by atoms with Crippen LogP contribution in [0, 0.1) is 0 Å². The van der Waals surface area contributed by atoms with Crippen molar-refractivity contribution in [3.8, 4) is 5.75 Å². The Morgan fingerprint density at radius 1 is 1.37 bits per heavy atom. The molecule has 1 aromatic rings. The quantitative estimate of drug-likeness (QED) is 0.914. The number of amides is 1. The summed E-state index contributed by atoms with van der Waals surface area (Å²) in [6.07, 6.45) is -5.28. The number of β-amino-alcohol motifs (C(OH)–C–C–N with tert-alkyl or cyclic N) is 1. The van der Waals surface area contributed by atoms with Crippen molar-refractivity contribution < 1.29 is 27.8 Å². The monoisotopic (exact) mass is 275 g/mol. The number of hydrogen-bond donors (Lipinski definition) is 1. The molecule has 1 heterocycles. The molecule has 19 heavy (non-hydrogen) atoms. The van der Waals surface area contributed by atoms with E-state index in [2.05, 4.69) is 0 Å². The van der Waals surface area contributed by atoms with Crippen molar-refractivity contribution in [3.63, 3.8) is 0 Å². The molecule has 0 aromatic heterocycles. The lowest BCUT2D eigenvalue weighted by Gasteiger charge is -2.20. The largest absolute Gasteiger partial charge is 0.482 e. The molecule has 0 radical (unpaired) electrons. The van der Waals surface area contributed by atoms with Crippen molar-refractivity contribution in [2.24, 2.45) is 0 Å². The van der Waals surface area contributed by atoms with Crippen molar-refractivity contribution in [1.82, 2.24) is 0 Å². The van der Waals surface area contributed by atoms with Crippen LogP contribution in [0.4, 0.5) is 18.9 Å². The Labute approximate surface area is 107 Å². The summed E-state index contributed by atoms with van der Waals surface area (Å²) in [5.74, 6) is -0.363. The number of hydrogen-bond acceptors (Lipinski definition) is 3. The lowest BCUT2D eigenvalue weighted by molar-refractivity contribution is -0.153. The molecule has 1 aliphatic rings. The van der Waals surface area contributed by atoms with Crippen LogP contribution >= 0.6 is 0 Å². The summed E-state index contributed by atoms with van der Waals surface area (Å²) in [7, 11) is 0. The van der Waals surface area contributed by atoms with Gasteiger partial charge in [-0.2, -0.15) is 13.2 Å². The number of aliphatic hydroxyl groups excluding tert-OH is 1. The highest BCUT2D eigenvalue weighted by Crippen LogP contribution is 2.32. The Morgan fingerprint density at radius 2 is 2.05 bits per heavy atom. The third-order valence-electron chi connectivity index (χ3n) is 2.65. The molecule has 0 saturated carbocycles. The summed E-state index contributed by atoms with van der Waals surface area (Å²) in [6, 6.07) is 5.96. The molecule has 1 atom stereocenters. The van der Waals surface area contributed by atoms with Crippen LogP contribution in [-0.4, -0.2) is 36.4 Å². The summed E-state index contributed by atoms with van der Waals surface area (Å²) in [4.78, 5) is 12.9. The van der Waals surface area contributed by atoms with Gasteiger partial charge < -0.3 is 14.7 Å². The van der Waals surface area contributed by atoms with Crippen molar-refractivity contribution in [3.05, 3.63) is 24.3 Å². The number of halogens is 3. The van der Waals surface area contributed by atoms with E-state index in [-0.39, 0.29) is 30.3 Å². The van der Waals surface area contributed by atoms with Crippen molar-refractivity contribution in [1.29, 1.82) is 0 Å². The number of carbonyl (C=O) groups is 1. The molecule has 0 bridgehead atoms. The van der Waals surface area contributed by atoms with E-state index in [4.69, 9.17) is 4.74 Å². The zero-order valence-electron chi connectivity index (χ0n) is 9.85. The highest BCUT2D eigenvalue weighted by atomic mass is 19.4. The van der Waals surface area contributed by atoms with Crippen molar-refractivity contribution in [2.45, 2.75) is 18.7 Å². The Morgan fingerprint density at radius 3 is 2.63 bits per heavy atom. The van der Waals surface area contributed by atoms with Crippen molar-refractivity contribution >= 4 is 11.6 Å². The van der Waals surface area contributed by atoms with Gasteiger partial charge in [0.05, 0.1) is 24.8 Å². The number of aliphatic hydroxyl groups is 1. The van der Waals surface area contributed by atoms with Gasteiger partial charge in [0.2, 0.25) is 5.91 Å². The molecular formula is C12H12F3NO3. The molecule has 1 N–H and O–H groups in total. The van der Waals surface area contributed by atoms with Gasteiger partial charge in [-0.05, 0) is 12.1 Å². The molecule has 1 fully saturated rings. The van der Waals surface area contributed by atoms with Gasteiger partial charge in [0.25, 0.3) is 0 Å². The van der Waals surface area contributed by atoms with Gasteiger partial charge in [-0.25, -0.2) is 0 Å². The first-order valence-corrected chi connectivity index (χ1v) is 5.64. The Hall–Kier alpha value is -1.76. The van der Waals surface area contributed by atoms with Crippen LogP contribution in [0.1, 0.15) is 6.42 Å². The second-order valence-electron chi connectivity index (χ2n) is 4.23. The maximum absolute atomic E-state index is 12.1. The number of benzene rings is 1. The number of ether oxygens (including phenoxy) is 1. The summed E-state index contributed by atoms with van der Waals surface area (Å²) < 4.78 is 41.1. The second kappa shape index (κ2) is 5.08. The first-order chi connectivity index (χ1) is 8.87. The number of anilines is 1. The lowest BCUT2D eigenvalue weighted by Crippen LogP contribution is -2.27. The van der Waals surface area contributed by atoms with Gasteiger partial charge in [0.15, 0.2) is 6.61 Å². The third kappa shape index (κ3) is 3.37. The predicted molar refractivity (Wildman–Crippen MR) is 61.0 cm³/mol. The summed E-state index contributed by atoms with van der Waals surface area (Å²) in [5.41, 5.74) is 0.244. The molecule has 4 nitrogen and oxygen atoms in total. The first kappa shape index (κ1) is 13.7. The van der Waals surface area contributed by atoms with Gasteiger partial charge in [-0.15, -0.1) is 0 Å². The Balaban J connectivity index is 2.19. The molecule has 7 heteroatoms. The number of rotatable bonds is 3. The minimum atomic E-state index is -4.44. The fourth-order valence-electron chi connectivity index (χ4n) is 1.88. The van der Waals surface area contributed by atoms with E-state index < -0.39 is 18.9 Å². The fraction of sp³-hybridized carbons (Fsp3) is 0.417. The maximum Gasteiger partial charge on any atom is 0.422 e. The number of alkyl halides is 3. The molecule has 1 unspecified atom stereocenters. The van der Waals surface area contributed by atoms with Gasteiger partial charge in [0, 0.05) is 0 Å². The highest BCUT2D eigenvalue weighted by molar-refractivity contribution is 5.97. The molecule has 0 aliphatic carbocycles. The van der Waals surface area contributed by atoms with Gasteiger partial charge in [-0.1, -0.05) is 12.1 Å². The molecule has 1 saturated heterocycles. The molecule has 2 rings (SSSR count). The average Bonchev–Trinajstić information content (AvgIpc) is 2.65. The van der Waals surface area contributed by atoms with Gasteiger partial charge >= 0.3 is 6.18 Å². The molecule has 104 valence electrons. The average molecular weight is 275 g/mol. The number of carbonyl (C=O) groups excluding carboxylic acids is 1. The van der Waals surface area contributed by atoms with E-state index in [1.54, 1.807) is 6.07 Å². The minimum Gasteiger partial charge on any atom is -0.482 e. The van der Waals surface area contributed by atoms with Crippen LogP contribution in [0.2, 0.25) is 0 Å². The normalized spacial score (nSPS) is 19.9. The maximum atomic E-state index is 12.1. The molecular weight excluding hydrogens is 263 g/mol. The van der Waals surface area contributed by atoms with Crippen LogP contribution in [-0.2, 0) is 4.79 Å². The second-order valence-corrected chi connectivity index (χ2v) is 4.23. The summed E-state index contributed by atoms with van der Waals surface area (Å²) >= 11 is 0. The Bertz CT molecular complexity index is 476. The van der Waals surface area contributed by atoms with E-state index >= 15 is 0 Å². The predicted octanol–water partition coefficient (Wildman–Crippen LogP) is 1.73. The van der Waals surface area contributed by atoms with Crippen LogP contribution in [0.3, 0.4) is 0 Å². The van der Waals surface area contributed by atoms with Crippen LogP contribution < -0.4 is 9.64 Å². The highest BCUT2D eigenvalue weighted by Gasteiger charge is 2.32. The van der Waals surface area contributed by atoms with Crippen LogP contribution in [0.5, 0.6) is 5.75 Å². The third-order valence-corrected chi connectivity index (χ3v) is 2.65. The van der Waals surface area contributed by atoms with E-state index in [0.717, 1.165) is 0 Å². The van der Waals surface area contributed by atoms with Crippen molar-refractivity contribution in [2.75, 3.05) is 18.1 Å². The van der Waals surface area contributed by atoms with E-state index in [0.29, 0.717) is 0 Å². The lowest BCUT2D eigenvalue weighted by atomic mass is 10.2. The molecule has 1 aromatic carbocycles. The van der Waals surface area contributed by atoms with E-state index in [1.165, 1.54) is 23.1 Å².